The van der Waals surface area contributed by atoms with Crippen LogP contribution < -0.4 is 0 Å². The van der Waals surface area contributed by atoms with Crippen molar-refractivity contribution < 1.29 is 9.47 Å². The maximum atomic E-state index is 6.57. The molecule has 2 atom stereocenters. The molecule has 1 aromatic heterocycles. The summed E-state index contributed by atoms with van der Waals surface area (Å²) in [5.74, 6) is 1.20. The number of hydrogen-bond donors (Lipinski definition) is 0. The smallest absolute Gasteiger partial charge is 0.187 e. The van der Waals surface area contributed by atoms with Crippen LogP contribution in [-0.2, 0) is 33.6 Å². The Kier molecular flexibility index (Phi) is 7.85. The van der Waals surface area contributed by atoms with Gasteiger partial charge in [-0.15, -0.1) is 0 Å². The van der Waals surface area contributed by atoms with Gasteiger partial charge in [0.2, 0.25) is 0 Å². The van der Waals surface area contributed by atoms with Crippen LogP contribution in [0.25, 0.3) is 0 Å². The first-order chi connectivity index (χ1) is 15.8. The highest BCUT2D eigenvalue weighted by Gasteiger charge is 2.41. The van der Waals surface area contributed by atoms with Crippen LogP contribution in [0.3, 0.4) is 0 Å². The van der Waals surface area contributed by atoms with Crippen molar-refractivity contribution in [3.63, 3.8) is 0 Å². The van der Waals surface area contributed by atoms with Crippen LogP contribution >= 0.6 is 23.4 Å². The summed E-state index contributed by atoms with van der Waals surface area (Å²) in [7, 11) is 0. The number of rotatable bonds is 9. The molecule has 1 aliphatic rings. The van der Waals surface area contributed by atoms with Crippen molar-refractivity contribution in [2.45, 2.75) is 63.2 Å². The second-order valence-electron chi connectivity index (χ2n) is 9.79. The summed E-state index contributed by atoms with van der Waals surface area (Å²) in [6.07, 6.45) is 7.38. The molecule has 2 heterocycles. The minimum Gasteiger partial charge on any atom is -0.345 e. The van der Waals surface area contributed by atoms with E-state index in [0.717, 1.165) is 29.4 Å². The molecule has 3 aromatic rings. The number of hydrogen-bond acceptors (Lipinski definition) is 4. The maximum Gasteiger partial charge on any atom is 0.187 e. The second-order valence-corrected chi connectivity index (χ2v) is 11.3. The van der Waals surface area contributed by atoms with E-state index in [9.17, 15) is 0 Å². The topological polar surface area (TPSA) is 36.3 Å². The predicted molar refractivity (Wildman–Crippen MR) is 137 cm³/mol. The Morgan fingerprint density at radius 3 is 2.48 bits per heavy atom. The van der Waals surface area contributed by atoms with Crippen molar-refractivity contribution in [3.05, 3.63) is 89.0 Å². The highest BCUT2D eigenvalue weighted by molar-refractivity contribution is 7.98. The summed E-state index contributed by atoms with van der Waals surface area (Å²) in [4.78, 5) is 4.19. The Morgan fingerprint density at radius 2 is 1.82 bits per heavy atom. The lowest BCUT2D eigenvalue weighted by atomic mass is 9.86. The van der Waals surface area contributed by atoms with Gasteiger partial charge in [-0.1, -0.05) is 68.8 Å². The molecule has 4 rings (SSSR count). The lowest BCUT2D eigenvalue weighted by Crippen LogP contribution is -2.37. The number of nitrogens with zero attached hydrogens (tertiary/aromatic N) is 2. The molecule has 33 heavy (non-hydrogen) atoms. The zero-order valence-electron chi connectivity index (χ0n) is 19.7. The van der Waals surface area contributed by atoms with E-state index >= 15 is 0 Å². The summed E-state index contributed by atoms with van der Waals surface area (Å²) in [6, 6.07) is 17.0. The van der Waals surface area contributed by atoms with E-state index < -0.39 is 5.79 Å². The van der Waals surface area contributed by atoms with Crippen molar-refractivity contribution >= 4 is 23.4 Å². The molecule has 0 spiro atoms. The van der Waals surface area contributed by atoms with E-state index in [1.165, 1.54) is 16.7 Å². The van der Waals surface area contributed by atoms with E-state index in [0.29, 0.717) is 13.2 Å². The molecule has 4 nitrogen and oxygen atoms in total. The lowest BCUT2D eigenvalue weighted by molar-refractivity contribution is -0.180. The summed E-state index contributed by atoms with van der Waals surface area (Å²) in [5.41, 5.74) is 4.09. The number of ether oxygens (including phenoxy) is 2. The first kappa shape index (κ1) is 24.3. The Morgan fingerprint density at radius 1 is 1.09 bits per heavy atom. The van der Waals surface area contributed by atoms with Gasteiger partial charge in [0.1, 0.15) is 0 Å². The fourth-order valence-corrected chi connectivity index (χ4v) is 5.14. The third kappa shape index (κ3) is 6.86. The molecule has 0 aliphatic carbocycles. The van der Waals surface area contributed by atoms with E-state index in [-0.39, 0.29) is 11.5 Å². The maximum absolute atomic E-state index is 6.57. The number of thioether (sulfide) groups is 1. The largest absolute Gasteiger partial charge is 0.345 e. The van der Waals surface area contributed by atoms with Gasteiger partial charge in [0.15, 0.2) is 5.79 Å². The Hall–Kier alpha value is -1.79. The van der Waals surface area contributed by atoms with E-state index in [2.05, 4.69) is 62.2 Å². The zero-order chi connectivity index (χ0) is 23.3. The number of benzene rings is 2. The monoisotopic (exact) mass is 484 g/mol. The highest BCUT2D eigenvalue weighted by Crippen LogP contribution is 2.33. The van der Waals surface area contributed by atoms with Gasteiger partial charge in [0.05, 0.1) is 25.6 Å². The highest BCUT2D eigenvalue weighted by atomic mass is 35.5. The van der Waals surface area contributed by atoms with Crippen molar-refractivity contribution in [2.24, 2.45) is 0 Å². The van der Waals surface area contributed by atoms with Crippen LogP contribution in [0.4, 0.5) is 0 Å². The molecule has 0 N–H and O–H groups in total. The summed E-state index contributed by atoms with van der Waals surface area (Å²) in [5, 5.41) is 0.772. The standard InChI is InChI=1S/C27H33ClN2O2S/c1-26(2,3)23-8-4-21(5-9-23)12-13-27(19-30-15-14-29-20-30)31-16-25(32-27)18-33-17-22-6-10-24(28)11-7-22/h4-11,14-15,20,25H,12-13,16-19H2,1-3H3. The average molecular weight is 485 g/mol. The summed E-state index contributed by atoms with van der Waals surface area (Å²) in [6.45, 7) is 7.99. The first-order valence-electron chi connectivity index (χ1n) is 11.5. The Bertz CT molecular complexity index is 1000. The quantitative estimate of drug-likeness (QED) is 0.346. The van der Waals surface area contributed by atoms with E-state index in [1.807, 2.05) is 41.0 Å². The van der Waals surface area contributed by atoms with Crippen LogP contribution in [0.1, 0.15) is 43.9 Å². The van der Waals surface area contributed by atoms with Gasteiger partial charge >= 0.3 is 0 Å². The molecule has 2 unspecified atom stereocenters. The first-order valence-corrected chi connectivity index (χ1v) is 13.0. The molecular weight excluding hydrogens is 452 g/mol. The predicted octanol–water partition coefficient (Wildman–Crippen LogP) is 6.51. The molecule has 0 radical (unpaired) electrons. The fraction of sp³-hybridized carbons (Fsp3) is 0.444. The second kappa shape index (κ2) is 10.6. The minimum absolute atomic E-state index is 0.0779. The normalized spacial score (nSPS) is 20.9. The van der Waals surface area contributed by atoms with Gasteiger partial charge < -0.3 is 14.0 Å². The lowest BCUT2D eigenvalue weighted by Gasteiger charge is -2.29. The molecule has 176 valence electrons. The zero-order valence-corrected chi connectivity index (χ0v) is 21.2. The molecule has 1 saturated heterocycles. The summed E-state index contributed by atoms with van der Waals surface area (Å²) < 4.78 is 15.0. The van der Waals surface area contributed by atoms with Crippen LogP contribution in [0.5, 0.6) is 0 Å². The Balaban J connectivity index is 1.36. The fourth-order valence-electron chi connectivity index (χ4n) is 4.05. The van der Waals surface area contributed by atoms with Crippen LogP contribution in [-0.4, -0.2) is 33.8 Å². The van der Waals surface area contributed by atoms with Gasteiger partial charge in [-0.2, -0.15) is 11.8 Å². The molecule has 2 aromatic carbocycles. The summed E-state index contributed by atoms with van der Waals surface area (Å²) >= 11 is 7.86. The van der Waals surface area contributed by atoms with Gasteiger partial charge in [0.25, 0.3) is 0 Å². The van der Waals surface area contributed by atoms with Gasteiger partial charge in [-0.05, 0) is 40.7 Å². The number of imidazole rings is 1. The number of halogens is 1. The van der Waals surface area contributed by atoms with Crippen LogP contribution in [0, 0.1) is 0 Å². The number of aromatic nitrogens is 2. The molecule has 6 heteroatoms. The Labute approximate surface area is 206 Å². The molecule has 0 bridgehead atoms. The minimum atomic E-state index is -0.630. The van der Waals surface area contributed by atoms with Gasteiger partial charge in [-0.3, -0.25) is 0 Å². The molecule has 1 fully saturated rings. The van der Waals surface area contributed by atoms with Crippen LogP contribution in [0.2, 0.25) is 5.02 Å². The SMILES string of the molecule is CC(C)(C)c1ccc(CCC2(Cn3ccnc3)OCC(CSCc3ccc(Cl)cc3)O2)cc1. The van der Waals surface area contributed by atoms with Gasteiger partial charge in [-0.25, -0.2) is 4.98 Å². The average Bonchev–Trinajstić information content (AvgIpc) is 3.44. The van der Waals surface area contributed by atoms with Crippen molar-refractivity contribution in [2.75, 3.05) is 12.4 Å². The van der Waals surface area contributed by atoms with E-state index in [4.69, 9.17) is 21.1 Å². The molecule has 0 amide bonds. The third-order valence-electron chi connectivity index (χ3n) is 6.00. The molecular formula is C27H33ClN2O2S. The van der Waals surface area contributed by atoms with Crippen molar-refractivity contribution in [1.29, 1.82) is 0 Å². The van der Waals surface area contributed by atoms with Crippen LogP contribution in [0.15, 0.2) is 67.3 Å². The molecule has 1 aliphatic heterocycles. The third-order valence-corrected chi connectivity index (χ3v) is 7.39. The van der Waals surface area contributed by atoms with Crippen molar-refractivity contribution in [1.82, 2.24) is 9.55 Å². The molecule has 0 saturated carbocycles. The number of aryl methyl sites for hydroxylation is 1. The van der Waals surface area contributed by atoms with Crippen molar-refractivity contribution in [3.8, 4) is 0 Å². The van der Waals surface area contributed by atoms with E-state index in [1.54, 1.807) is 6.20 Å². The van der Waals surface area contributed by atoms with Gasteiger partial charge in [0, 0.05) is 35.3 Å².